The van der Waals surface area contributed by atoms with Crippen LogP contribution in [0, 0.1) is 18.3 Å². The van der Waals surface area contributed by atoms with Gasteiger partial charge < -0.3 is 9.80 Å². The van der Waals surface area contributed by atoms with Crippen LogP contribution in [0.3, 0.4) is 0 Å². The number of amides is 1. The quantitative estimate of drug-likeness (QED) is 0.506. The fourth-order valence-electron chi connectivity index (χ4n) is 3.29. The predicted molar refractivity (Wildman–Crippen MR) is 133 cm³/mol. The Labute approximate surface area is 201 Å². The van der Waals surface area contributed by atoms with Gasteiger partial charge in [0.1, 0.15) is 0 Å². The molecule has 0 aliphatic rings. The van der Waals surface area contributed by atoms with Gasteiger partial charge in [-0.3, -0.25) is 9.52 Å². The first-order chi connectivity index (χ1) is 16.2. The van der Waals surface area contributed by atoms with Crippen molar-refractivity contribution in [2.75, 3.05) is 31.9 Å². The van der Waals surface area contributed by atoms with E-state index in [-0.39, 0.29) is 10.8 Å². The number of anilines is 1. The van der Waals surface area contributed by atoms with Crippen LogP contribution in [0.15, 0.2) is 77.7 Å². The maximum atomic E-state index is 13.4. The van der Waals surface area contributed by atoms with Gasteiger partial charge in [0, 0.05) is 30.9 Å². The number of nitriles is 1. The van der Waals surface area contributed by atoms with E-state index in [1.807, 2.05) is 50.2 Å². The number of hydrogen-bond acceptors (Lipinski definition) is 5. The van der Waals surface area contributed by atoms with E-state index in [0.717, 1.165) is 11.1 Å². The molecule has 0 spiro atoms. The Kier molecular flexibility index (Phi) is 8.05. The second kappa shape index (κ2) is 11.0. The van der Waals surface area contributed by atoms with Crippen molar-refractivity contribution in [3.63, 3.8) is 0 Å². The van der Waals surface area contributed by atoms with Crippen molar-refractivity contribution >= 4 is 21.6 Å². The largest absolute Gasteiger partial charge is 0.333 e. The Morgan fingerprint density at radius 3 is 2.26 bits per heavy atom. The standard InChI is InChI=1S/C26H28N4O3S/c1-20-7-13-24(14-8-20)28-34(32,33)25-6-4-5-23(17-25)26(31)30(16-15-29(2)3)19-22-11-9-21(18-27)10-12-22/h4-14,17,28H,15-16,19H2,1-3H3. The van der Waals surface area contributed by atoms with E-state index in [1.54, 1.807) is 41.3 Å². The molecule has 0 radical (unpaired) electrons. The SMILES string of the molecule is Cc1ccc(NS(=O)(=O)c2cccc(C(=O)N(CCN(C)C)Cc3ccc(C#N)cc3)c2)cc1. The van der Waals surface area contributed by atoms with E-state index in [2.05, 4.69) is 10.8 Å². The van der Waals surface area contributed by atoms with Crippen molar-refractivity contribution in [2.24, 2.45) is 0 Å². The third kappa shape index (κ3) is 6.67. The highest BCUT2D eigenvalue weighted by molar-refractivity contribution is 7.92. The smallest absolute Gasteiger partial charge is 0.261 e. The number of likely N-dealkylation sites (N-methyl/N-ethyl adjacent to an activating group) is 1. The molecule has 0 bridgehead atoms. The molecule has 34 heavy (non-hydrogen) atoms. The number of nitrogens with one attached hydrogen (secondary N) is 1. The summed E-state index contributed by atoms with van der Waals surface area (Å²) in [5.74, 6) is -0.265. The molecule has 176 valence electrons. The summed E-state index contributed by atoms with van der Waals surface area (Å²) in [6, 6.07) is 22.3. The molecule has 0 aliphatic carbocycles. The lowest BCUT2D eigenvalue weighted by Crippen LogP contribution is -2.36. The minimum atomic E-state index is -3.86. The van der Waals surface area contributed by atoms with E-state index in [0.29, 0.717) is 36.4 Å². The van der Waals surface area contributed by atoms with Crippen molar-refractivity contribution in [3.05, 3.63) is 95.1 Å². The number of carbonyl (C=O) groups is 1. The van der Waals surface area contributed by atoms with Gasteiger partial charge in [0.25, 0.3) is 15.9 Å². The van der Waals surface area contributed by atoms with Crippen LogP contribution in [0.2, 0.25) is 0 Å². The molecular weight excluding hydrogens is 448 g/mol. The monoisotopic (exact) mass is 476 g/mol. The lowest BCUT2D eigenvalue weighted by atomic mass is 10.1. The number of rotatable bonds is 9. The van der Waals surface area contributed by atoms with Gasteiger partial charge in [0.05, 0.1) is 16.5 Å². The first-order valence-corrected chi connectivity index (χ1v) is 12.3. The van der Waals surface area contributed by atoms with Crippen LogP contribution in [0.5, 0.6) is 0 Å². The van der Waals surface area contributed by atoms with Crippen LogP contribution in [-0.4, -0.2) is 51.3 Å². The number of aryl methyl sites for hydroxylation is 1. The lowest BCUT2D eigenvalue weighted by Gasteiger charge is -2.25. The van der Waals surface area contributed by atoms with Crippen LogP contribution >= 0.6 is 0 Å². The summed E-state index contributed by atoms with van der Waals surface area (Å²) in [7, 11) is -0.00998. The molecule has 0 unspecified atom stereocenters. The van der Waals surface area contributed by atoms with Crippen molar-refractivity contribution in [3.8, 4) is 6.07 Å². The Bertz CT molecular complexity index is 1280. The fraction of sp³-hybridized carbons (Fsp3) is 0.231. The van der Waals surface area contributed by atoms with Gasteiger partial charge in [0.2, 0.25) is 0 Å². The van der Waals surface area contributed by atoms with E-state index in [4.69, 9.17) is 5.26 Å². The third-order valence-electron chi connectivity index (χ3n) is 5.26. The molecule has 0 saturated heterocycles. The fourth-order valence-corrected chi connectivity index (χ4v) is 4.40. The zero-order valence-corrected chi connectivity index (χ0v) is 20.3. The van der Waals surface area contributed by atoms with Crippen molar-refractivity contribution in [1.29, 1.82) is 5.26 Å². The summed E-state index contributed by atoms with van der Waals surface area (Å²) in [6.45, 7) is 3.38. The molecule has 3 aromatic carbocycles. The lowest BCUT2D eigenvalue weighted by molar-refractivity contribution is 0.0731. The minimum Gasteiger partial charge on any atom is -0.333 e. The summed E-state index contributed by atoms with van der Waals surface area (Å²) in [4.78, 5) is 17.1. The average molecular weight is 477 g/mol. The molecule has 8 heteroatoms. The molecule has 0 fully saturated rings. The molecule has 0 saturated carbocycles. The summed E-state index contributed by atoms with van der Waals surface area (Å²) in [5, 5.41) is 9.02. The topological polar surface area (TPSA) is 93.5 Å². The Balaban J connectivity index is 1.84. The van der Waals surface area contributed by atoms with E-state index in [1.165, 1.54) is 12.1 Å². The Morgan fingerprint density at radius 2 is 1.65 bits per heavy atom. The molecular formula is C26H28N4O3S. The van der Waals surface area contributed by atoms with E-state index >= 15 is 0 Å². The first-order valence-electron chi connectivity index (χ1n) is 10.8. The highest BCUT2D eigenvalue weighted by atomic mass is 32.2. The van der Waals surface area contributed by atoms with Crippen LogP contribution < -0.4 is 4.72 Å². The highest BCUT2D eigenvalue weighted by Gasteiger charge is 2.20. The summed E-state index contributed by atoms with van der Waals surface area (Å²) in [5.41, 5.74) is 3.20. The maximum Gasteiger partial charge on any atom is 0.261 e. The van der Waals surface area contributed by atoms with E-state index in [9.17, 15) is 13.2 Å². The van der Waals surface area contributed by atoms with Crippen molar-refractivity contribution in [2.45, 2.75) is 18.4 Å². The van der Waals surface area contributed by atoms with Crippen LogP contribution in [0.25, 0.3) is 0 Å². The average Bonchev–Trinajstić information content (AvgIpc) is 2.83. The second-order valence-electron chi connectivity index (χ2n) is 8.34. The first kappa shape index (κ1) is 25.0. The van der Waals surface area contributed by atoms with Crippen LogP contribution in [0.4, 0.5) is 5.69 Å². The minimum absolute atomic E-state index is 0.0184. The number of nitrogens with zero attached hydrogens (tertiary/aromatic N) is 3. The van der Waals surface area contributed by atoms with Gasteiger partial charge in [-0.2, -0.15) is 5.26 Å². The molecule has 0 heterocycles. The zero-order chi connectivity index (χ0) is 24.7. The van der Waals surface area contributed by atoms with Crippen molar-refractivity contribution < 1.29 is 13.2 Å². The summed E-state index contributed by atoms with van der Waals surface area (Å²) in [6.07, 6.45) is 0. The van der Waals surface area contributed by atoms with Gasteiger partial charge in [-0.15, -0.1) is 0 Å². The van der Waals surface area contributed by atoms with Crippen LogP contribution in [0.1, 0.15) is 27.0 Å². The van der Waals surface area contributed by atoms with Crippen LogP contribution in [-0.2, 0) is 16.6 Å². The second-order valence-corrected chi connectivity index (χ2v) is 10.0. The molecule has 1 N–H and O–H groups in total. The van der Waals surface area contributed by atoms with Gasteiger partial charge in [0.15, 0.2) is 0 Å². The molecule has 0 aromatic heterocycles. The molecule has 3 rings (SSSR count). The highest BCUT2D eigenvalue weighted by Crippen LogP contribution is 2.19. The van der Waals surface area contributed by atoms with Gasteiger partial charge in [-0.1, -0.05) is 35.9 Å². The van der Waals surface area contributed by atoms with Gasteiger partial charge in [-0.25, -0.2) is 8.42 Å². The number of benzene rings is 3. The number of carbonyl (C=O) groups excluding carboxylic acids is 1. The predicted octanol–water partition coefficient (Wildman–Crippen LogP) is 3.87. The van der Waals surface area contributed by atoms with E-state index < -0.39 is 10.0 Å². The summed E-state index contributed by atoms with van der Waals surface area (Å²) < 4.78 is 28.4. The Morgan fingerprint density at radius 1 is 0.971 bits per heavy atom. The molecule has 7 nitrogen and oxygen atoms in total. The van der Waals surface area contributed by atoms with Gasteiger partial charge in [-0.05, 0) is 69.0 Å². The molecule has 0 atom stereocenters. The molecule has 0 aliphatic heterocycles. The maximum absolute atomic E-state index is 13.4. The summed E-state index contributed by atoms with van der Waals surface area (Å²) >= 11 is 0. The number of sulfonamides is 1. The molecule has 3 aromatic rings. The Hall–Kier alpha value is -3.67. The molecule has 1 amide bonds. The van der Waals surface area contributed by atoms with Crippen molar-refractivity contribution in [1.82, 2.24) is 9.80 Å². The van der Waals surface area contributed by atoms with Gasteiger partial charge >= 0.3 is 0 Å². The normalized spacial score (nSPS) is 11.1. The number of hydrogen-bond donors (Lipinski definition) is 1. The zero-order valence-electron chi connectivity index (χ0n) is 19.5. The third-order valence-corrected chi connectivity index (χ3v) is 6.63.